The first-order valence-corrected chi connectivity index (χ1v) is 20.2. The van der Waals surface area contributed by atoms with Crippen LogP contribution < -0.4 is 24.3 Å². The van der Waals surface area contributed by atoms with E-state index >= 15 is 0 Å². The SMILES string of the molecule is COc1c(C)cc2c(c1O)[C@@H]1C3[C@@H]4SC[C@]5(NCCc6c5[nH]c5cc(F)ccc65)C(=O)COC[C@@H](c5c6c(c(C)c(OC(C)=O)c54)OCO6)N3[C@@H](C#N)[C@H](C2)N1C. The van der Waals surface area contributed by atoms with Crippen molar-refractivity contribution in [2.45, 2.75) is 74.6 Å². The van der Waals surface area contributed by atoms with E-state index < -0.39 is 40.9 Å². The highest BCUT2D eigenvalue weighted by atomic mass is 32.2. The van der Waals surface area contributed by atoms with Gasteiger partial charge in [0, 0.05) is 70.2 Å². The summed E-state index contributed by atoms with van der Waals surface area (Å²) in [5, 5.41) is 27.2. The summed E-state index contributed by atoms with van der Waals surface area (Å²) in [5.41, 5.74) is 5.34. The molecule has 1 unspecified atom stereocenters. The number of rotatable bonds is 2. The number of methoxy groups -OCH3 is 1. The average Bonchev–Trinajstić information content (AvgIpc) is 3.81. The number of likely N-dealkylation sites (N-methyl/N-ethyl adjacent to an activating group) is 1. The van der Waals surface area contributed by atoms with E-state index in [1.807, 2.05) is 27.0 Å². The van der Waals surface area contributed by atoms with Gasteiger partial charge in [0.1, 0.15) is 29.8 Å². The van der Waals surface area contributed by atoms with Crippen molar-refractivity contribution in [2.24, 2.45) is 0 Å². The lowest BCUT2D eigenvalue weighted by atomic mass is 9.71. The molecule has 0 amide bonds. The van der Waals surface area contributed by atoms with Crippen molar-refractivity contribution in [2.75, 3.05) is 46.5 Å². The molecular weight excluding hydrogens is 754 g/mol. The number of nitrogens with zero attached hydrogens (tertiary/aromatic N) is 3. The van der Waals surface area contributed by atoms with Crippen molar-refractivity contribution in [3.05, 3.63) is 74.7 Å². The normalized spacial score (nSPS) is 28.9. The van der Waals surface area contributed by atoms with Crippen molar-refractivity contribution in [1.29, 1.82) is 5.26 Å². The van der Waals surface area contributed by atoms with E-state index in [1.54, 1.807) is 6.07 Å². The predicted molar refractivity (Wildman–Crippen MR) is 206 cm³/mol. The molecule has 2 fully saturated rings. The van der Waals surface area contributed by atoms with Crippen LogP contribution in [0.5, 0.6) is 28.7 Å². The van der Waals surface area contributed by atoms with E-state index in [1.165, 1.54) is 37.9 Å². The summed E-state index contributed by atoms with van der Waals surface area (Å²) < 4.78 is 45.4. The number of hydrogen-bond acceptors (Lipinski definition) is 13. The van der Waals surface area contributed by atoms with Gasteiger partial charge in [0.05, 0.1) is 37.1 Å². The molecule has 7 atom stereocenters. The van der Waals surface area contributed by atoms with Crippen molar-refractivity contribution in [3.8, 4) is 34.8 Å². The maximum absolute atomic E-state index is 14.8. The number of esters is 1. The van der Waals surface area contributed by atoms with Gasteiger partial charge in [0.2, 0.25) is 6.79 Å². The Bertz CT molecular complexity index is 2470. The van der Waals surface area contributed by atoms with Gasteiger partial charge in [-0.05, 0) is 68.6 Å². The van der Waals surface area contributed by atoms with E-state index in [4.69, 9.17) is 23.7 Å². The standard InChI is InChI=1S/C42H42FN5O8S/c1-18-10-21-11-26-27(13-44)48-28-14-53-15-29(50)42(41-24(8-9-45-42)23-7-6-22(43)12-25(23)46-41)16-57-40(34(48)33(47(26)4)30(21)35(51)36(18)52-5)32-31(28)39-38(54-17-55-39)19(2)37(32)56-20(3)49/h6-7,10,12,26-28,33-34,40,45-46,51H,8-9,11,14-17H2,1-5H3/t26-,27-,28-,33+,34?,40+,42-/m0/s1. The Morgan fingerprint density at radius 2 is 1.96 bits per heavy atom. The number of Topliss-reactive ketones (excluding diaryl/α,β-unsaturated/α-hetero) is 1. The summed E-state index contributed by atoms with van der Waals surface area (Å²) in [6.07, 6.45) is 1.13. The Kier molecular flexibility index (Phi) is 8.38. The number of nitrogens with one attached hydrogen (secondary N) is 2. The number of ether oxygens (including phenoxy) is 5. The second kappa shape index (κ2) is 13.1. The van der Waals surface area contributed by atoms with Gasteiger partial charge in [-0.3, -0.25) is 24.7 Å². The van der Waals surface area contributed by atoms with Crippen molar-refractivity contribution in [1.82, 2.24) is 20.1 Å². The topological polar surface area (TPSA) is 159 Å². The third-order valence-corrected chi connectivity index (χ3v) is 14.6. The number of aromatic amines is 1. The summed E-state index contributed by atoms with van der Waals surface area (Å²) in [5.74, 6) is 0.804. The van der Waals surface area contributed by atoms with Crippen LogP contribution in [0.25, 0.3) is 10.9 Å². The molecule has 4 aromatic rings. The van der Waals surface area contributed by atoms with Crippen LogP contribution in [0.1, 0.15) is 68.9 Å². The molecule has 57 heavy (non-hydrogen) atoms. The molecule has 13 nitrogen and oxygen atoms in total. The molecular formula is C42H42FN5O8S. The number of fused-ring (bicyclic) bond motifs is 12. The molecule has 2 saturated heterocycles. The molecule has 4 bridgehead atoms. The average molecular weight is 796 g/mol. The zero-order chi connectivity index (χ0) is 39.7. The molecule has 3 aromatic carbocycles. The molecule has 7 aliphatic rings. The highest BCUT2D eigenvalue weighted by molar-refractivity contribution is 7.99. The summed E-state index contributed by atoms with van der Waals surface area (Å²) in [4.78, 5) is 35.7. The predicted octanol–water partition coefficient (Wildman–Crippen LogP) is 4.94. The Balaban J connectivity index is 1.26. The lowest BCUT2D eigenvalue weighted by molar-refractivity contribution is -0.133. The number of nitriles is 1. The number of carbonyl (C=O) groups excluding carboxylic acids is 2. The molecule has 296 valence electrons. The van der Waals surface area contributed by atoms with Crippen LogP contribution in [0, 0.1) is 31.0 Å². The summed E-state index contributed by atoms with van der Waals surface area (Å²) >= 11 is 1.52. The fourth-order valence-corrected chi connectivity index (χ4v) is 12.5. The summed E-state index contributed by atoms with van der Waals surface area (Å²) in [7, 11) is 3.53. The van der Waals surface area contributed by atoms with E-state index in [9.17, 15) is 24.3 Å². The van der Waals surface area contributed by atoms with Crippen LogP contribution in [-0.2, 0) is 32.7 Å². The summed E-state index contributed by atoms with van der Waals surface area (Å²) in [6.45, 7) is 5.27. The first kappa shape index (κ1) is 36.5. The Hall–Kier alpha value is -4.85. The monoisotopic (exact) mass is 795 g/mol. The van der Waals surface area contributed by atoms with Gasteiger partial charge < -0.3 is 33.8 Å². The smallest absolute Gasteiger partial charge is 0.308 e. The Morgan fingerprint density at radius 3 is 2.74 bits per heavy atom. The fraction of sp³-hybridized carbons (Fsp3) is 0.452. The highest BCUT2D eigenvalue weighted by Crippen LogP contribution is 2.64. The third-order valence-electron chi connectivity index (χ3n) is 13.1. The first-order chi connectivity index (χ1) is 27.5. The quantitative estimate of drug-likeness (QED) is 0.185. The Labute approximate surface area is 332 Å². The second-order valence-electron chi connectivity index (χ2n) is 15.9. The van der Waals surface area contributed by atoms with Gasteiger partial charge in [-0.25, -0.2) is 4.39 Å². The van der Waals surface area contributed by atoms with Crippen LogP contribution in [0.15, 0.2) is 24.3 Å². The van der Waals surface area contributed by atoms with Gasteiger partial charge in [-0.15, -0.1) is 11.8 Å². The zero-order valence-electron chi connectivity index (χ0n) is 32.2. The van der Waals surface area contributed by atoms with Crippen LogP contribution in [-0.4, -0.2) is 96.2 Å². The highest BCUT2D eigenvalue weighted by Gasteiger charge is 2.61. The number of piperazine rings is 1. The number of hydrogen-bond donors (Lipinski definition) is 3. The molecule has 0 aliphatic carbocycles. The maximum Gasteiger partial charge on any atom is 0.308 e. The molecule has 11 rings (SSSR count). The van der Waals surface area contributed by atoms with Crippen LogP contribution in [0.4, 0.5) is 4.39 Å². The van der Waals surface area contributed by atoms with Crippen molar-refractivity contribution in [3.63, 3.8) is 0 Å². The maximum atomic E-state index is 14.8. The van der Waals surface area contributed by atoms with Gasteiger partial charge in [-0.2, -0.15) is 5.26 Å². The van der Waals surface area contributed by atoms with E-state index in [0.29, 0.717) is 75.8 Å². The molecule has 15 heteroatoms. The number of ketones is 1. The molecule has 8 heterocycles. The number of phenols is 1. The molecule has 7 aliphatic heterocycles. The minimum absolute atomic E-state index is 0.0107. The molecule has 3 N–H and O–H groups in total. The van der Waals surface area contributed by atoms with Gasteiger partial charge in [0.25, 0.3) is 0 Å². The number of phenolic OH excluding ortho intramolecular Hbond substituents is 1. The number of aromatic hydroxyl groups is 1. The van der Waals surface area contributed by atoms with Crippen LogP contribution in [0.2, 0.25) is 0 Å². The van der Waals surface area contributed by atoms with Crippen LogP contribution >= 0.6 is 11.8 Å². The van der Waals surface area contributed by atoms with Crippen LogP contribution in [0.3, 0.4) is 0 Å². The van der Waals surface area contributed by atoms with Gasteiger partial charge in [0.15, 0.2) is 28.8 Å². The number of H-pyrrole nitrogens is 1. The van der Waals surface area contributed by atoms with E-state index in [2.05, 4.69) is 26.2 Å². The van der Waals surface area contributed by atoms with Crippen molar-refractivity contribution >= 4 is 34.4 Å². The number of thioether (sulfide) groups is 1. The van der Waals surface area contributed by atoms with Gasteiger partial charge >= 0.3 is 5.97 Å². The number of benzene rings is 3. The second-order valence-corrected chi connectivity index (χ2v) is 17.0. The lowest BCUT2D eigenvalue weighted by Gasteiger charge is -2.61. The van der Waals surface area contributed by atoms with E-state index in [0.717, 1.165) is 22.1 Å². The number of halogens is 1. The lowest BCUT2D eigenvalue weighted by Crippen LogP contribution is -2.69. The minimum atomic E-state index is -1.28. The Morgan fingerprint density at radius 1 is 1.16 bits per heavy atom. The van der Waals surface area contributed by atoms with E-state index in [-0.39, 0.29) is 49.2 Å². The molecule has 1 aromatic heterocycles. The largest absolute Gasteiger partial charge is 0.504 e. The molecule has 0 radical (unpaired) electrons. The minimum Gasteiger partial charge on any atom is -0.504 e. The van der Waals surface area contributed by atoms with Gasteiger partial charge in [-0.1, -0.05) is 6.07 Å². The molecule has 1 spiro atoms. The molecule has 0 saturated carbocycles. The van der Waals surface area contributed by atoms with Crippen molar-refractivity contribution < 1.29 is 42.8 Å². The first-order valence-electron chi connectivity index (χ1n) is 19.2. The number of carbonyl (C=O) groups is 2. The zero-order valence-corrected chi connectivity index (χ0v) is 33.0. The summed E-state index contributed by atoms with van der Waals surface area (Å²) in [6, 6.07) is 6.73. The number of aryl methyl sites for hydroxylation is 1. The number of aromatic nitrogens is 1. The fourth-order valence-electron chi connectivity index (χ4n) is 10.8. The third kappa shape index (κ3) is 5.00.